The topological polar surface area (TPSA) is 45.2 Å². The number of hydrogen-bond donors (Lipinski definition) is 1. The van der Waals surface area contributed by atoms with E-state index in [2.05, 4.69) is 27.3 Å². The normalized spacial score (nSPS) is 32.6. The Bertz CT molecular complexity index is 526. The molecule has 0 spiro atoms. The van der Waals surface area contributed by atoms with E-state index in [1.54, 1.807) is 0 Å². The molecular weight excluding hydrogens is 310 g/mol. The standard InChI is InChI=1S/C18H25N3O.ClH/c22-18(12-13-10-15-3-4-16(11-13)20-15)21-9-1-2-17(21)14-5-7-19-8-6-14;/h5-8,13,15-17,20H,1-4,9-12H2;1H. The average Bonchev–Trinajstić information content (AvgIpc) is 3.15. The van der Waals surface area contributed by atoms with Gasteiger partial charge in [-0.3, -0.25) is 9.78 Å². The summed E-state index contributed by atoms with van der Waals surface area (Å²) in [5.74, 6) is 0.954. The fourth-order valence-corrected chi connectivity index (χ4v) is 4.70. The minimum atomic E-state index is 0. The maximum Gasteiger partial charge on any atom is 0.223 e. The SMILES string of the molecule is Cl.O=C(CC1CC2CCC(C1)N2)N1CCCC1c1ccncc1. The molecule has 0 aliphatic carbocycles. The quantitative estimate of drug-likeness (QED) is 0.923. The van der Waals surface area contributed by atoms with Crippen molar-refractivity contribution in [3.05, 3.63) is 30.1 Å². The van der Waals surface area contributed by atoms with Crippen LogP contribution in [0, 0.1) is 5.92 Å². The van der Waals surface area contributed by atoms with Crippen molar-refractivity contribution in [1.82, 2.24) is 15.2 Å². The van der Waals surface area contributed by atoms with Crippen LogP contribution in [-0.4, -0.2) is 34.4 Å². The molecular formula is C18H26ClN3O. The minimum Gasteiger partial charge on any atom is -0.336 e. The van der Waals surface area contributed by atoms with Crippen molar-refractivity contribution < 1.29 is 4.79 Å². The fraction of sp³-hybridized carbons (Fsp3) is 0.667. The predicted molar refractivity (Wildman–Crippen MR) is 92.5 cm³/mol. The van der Waals surface area contributed by atoms with Crippen LogP contribution in [0.5, 0.6) is 0 Å². The van der Waals surface area contributed by atoms with E-state index >= 15 is 0 Å². The smallest absolute Gasteiger partial charge is 0.223 e. The fourth-order valence-electron chi connectivity index (χ4n) is 4.70. The maximum atomic E-state index is 12.8. The van der Waals surface area contributed by atoms with Crippen molar-refractivity contribution in [2.45, 2.75) is 63.1 Å². The van der Waals surface area contributed by atoms with Gasteiger partial charge in [0.05, 0.1) is 6.04 Å². The molecule has 3 aliphatic heterocycles. The van der Waals surface area contributed by atoms with Crippen molar-refractivity contribution in [3.8, 4) is 0 Å². The van der Waals surface area contributed by atoms with Gasteiger partial charge in [-0.05, 0) is 62.1 Å². The number of piperidine rings is 1. The summed E-state index contributed by atoms with van der Waals surface area (Å²) in [6.45, 7) is 0.920. The molecule has 3 unspecified atom stereocenters. The molecule has 126 valence electrons. The summed E-state index contributed by atoms with van der Waals surface area (Å²) in [6.07, 6.45) is 11.6. The van der Waals surface area contributed by atoms with Crippen LogP contribution in [0.4, 0.5) is 0 Å². The third kappa shape index (κ3) is 3.53. The molecule has 3 atom stereocenters. The zero-order valence-electron chi connectivity index (χ0n) is 13.5. The van der Waals surface area contributed by atoms with Crippen LogP contribution in [0.15, 0.2) is 24.5 Å². The third-order valence-electron chi connectivity index (χ3n) is 5.70. The maximum absolute atomic E-state index is 12.8. The molecule has 1 N–H and O–H groups in total. The van der Waals surface area contributed by atoms with Crippen LogP contribution >= 0.6 is 12.4 Å². The number of nitrogens with zero attached hydrogens (tertiary/aromatic N) is 2. The number of carbonyl (C=O) groups excluding carboxylic acids is 1. The lowest BCUT2D eigenvalue weighted by Gasteiger charge is -2.31. The van der Waals surface area contributed by atoms with Crippen molar-refractivity contribution >= 4 is 18.3 Å². The Morgan fingerprint density at radius 1 is 1.17 bits per heavy atom. The summed E-state index contributed by atoms with van der Waals surface area (Å²) >= 11 is 0. The summed E-state index contributed by atoms with van der Waals surface area (Å²) in [4.78, 5) is 19.0. The number of carbonyl (C=O) groups is 1. The molecule has 4 rings (SSSR count). The lowest BCUT2D eigenvalue weighted by Crippen LogP contribution is -2.40. The van der Waals surface area contributed by atoms with Crippen LogP contribution < -0.4 is 5.32 Å². The van der Waals surface area contributed by atoms with Gasteiger partial charge >= 0.3 is 0 Å². The van der Waals surface area contributed by atoms with Gasteiger partial charge in [-0.2, -0.15) is 0 Å². The first kappa shape index (κ1) is 16.7. The first-order chi connectivity index (χ1) is 10.8. The molecule has 0 saturated carbocycles. The van der Waals surface area contributed by atoms with Gasteiger partial charge in [-0.1, -0.05) is 0 Å². The van der Waals surface area contributed by atoms with Gasteiger partial charge in [0.2, 0.25) is 5.91 Å². The Morgan fingerprint density at radius 3 is 2.57 bits per heavy atom. The Morgan fingerprint density at radius 2 is 1.87 bits per heavy atom. The minimum absolute atomic E-state index is 0. The van der Waals surface area contributed by atoms with Gasteiger partial charge in [0.25, 0.3) is 0 Å². The number of pyridine rings is 1. The Labute approximate surface area is 144 Å². The summed E-state index contributed by atoms with van der Waals surface area (Å²) in [5, 5.41) is 3.67. The van der Waals surface area contributed by atoms with Crippen LogP contribution in [0.1, 0.15) is 56.6 Å². The molecule has 1 aromatic rings. The van der Waals surface area contributed by atoms with Crippen molar-refractivity contribution in [1.29, 1.82) is 0 Å². The lowest BCUT2D eigenvalue weighted by atomic mass is 9.89. The highest BCUT2D eigenvalue weighted by Gasteiger charge is 2.36. The second kappa shape index (κ2) is 7.18. The van der Waals surface area contributed by atoms with Gasteiger partial charge in [-0.25, -0.2) is 0 Å². The molecule has 23 heavy (non-hydrogen) atoms. The number of rotatable bonds is 3. The zero-order chi connectivity index (χ0) is 14.9. The number of aromatic nitrogens is 1. The first-order valence-corrected chi connectivity index (χ1v) is 8.75. The monoisotopic (exact) mass is 335 g/mol. The number of halogens is 1. The number of amides is 1. The van der Waals surface area contributed by atoms with Crippen molar-refractivity contribution in [2.75, 3.05) is 6.54 Å². The molecule has 3 saturated heterocycles. The molecule has 0 radical (unpaired) electrons. The lowest BCUT2D eigenvalue weighted by molar-refractivity contribution is -0.133. The molecule has 1 amide bonds. The Balaban J connectivity index is 0.00000156. The Hall–Kier alpha value is -1.13. The van der Waals surface area contributed by atoms with E-state index in [1.165, 1.54) is 31.2 Å². The summed E-state index contributed by atoms with van der Waals surface area (Å²) in [5.41, 5.74) is 1.24. The summed E-state index contributed by atoms with van der Waals surface area (Å²) < 4.78 is 0. The van der Waals surface area contributed by atoms with Gasteiger partial charge in [0.15, 0.2) is 0 Å². The van der Waals surface area contributed by atoms with Crippen LogP contribution in [0.3, 0.4) is 0 Å². The number of fused-ring (bicyclic) bond motifs is 2. The van der Waals surface area contributed by atoms with Crippen molar-refractivity contribution in [2.24, 2.45) is 5.92 Å². The first-order valence-electron chi connectivity index (χ1n) is 8.75. The van der Waals surface area contributed by atoms with E-state index in [1.807, 2.05) is 12.4 Å². The van der Waals surface area contributed by atoms with Crippen LogP contribution in [0.25, 0.3) is 0 Å². The largest absolute Gasteiger partial charge is 0.336 e. The molecule has 2 bridgehead atoms. The van der Waals surface area contributed by atoms with Crippen LogP contribution in [-0.2, 0) is 4.79 Å². The molecule has 3 aliphatic rings. The summed E-state index contributed by atoms with van der Waals surface area (Å²) in [6, 6.07) is 5.73. The highest BCUT2D eigenvalue weighted by molar-refractivity contribution is 5.85. The number of likely N-dealkylation sites (tertiary alicyclic amines) is 1. The number of hydrogen-bond acceptors (Lipinski definition) is 3. The highest BCUT2D eigenvalue weighted by atomic mass is 35.5. The molecule has 5 heteroatoms. The third-order valence-corrected chi connectivity index (χ3v) is 5.70. The van der Waals surface area contributed by atoms with E-state index in [4.69, 9.17) is 0 Å². The highest BCUT2D eigenvalue weighted by Crippen LogP contribution is 2.36. The molecule has 1 aromatic heterocycles. The average molecular weight is 336 g/mol. The van der Waals surface area contributed by atoms with E-state index in [0.717, 1.165) is 25.8 Å². The van der Waals surface area contributed by atoms with Gasteiger partial charge < -0.3 is 10.2 Å². The molecule has 0 aromatic carbocycles. The second-order valence-electron chi connectivity index (χ2n) is 7.21. The molecule has 4 heterocycles. The predicted octanol–water partition coefficient (Wildman–Crippen LogP) is 3.09. The zero-order valence-corrected chi connectivity index (χ0v) is 14.3. The summed E-state index contributed by atoms with van der Waals surface area (Å²) in [7, 11) is 0. The van der Waals surface area contributed by atoms with Gasteiger partial charge in [-0.15, -0.1) is 12.4 Å². The van der Waals surface area contributed by atoms with Gasteiger partial charge in [0.1, 0.15) is 0 Å². The van der Waals surface area contributed by atoms with Crippen LogP contribution in [0.2, 0.25) is 0 Å². The van der Waals surface area contributed by atoms with Crippen molar-refractivity contribution in [3.63, 3.8) is 0 Å². The Kier molecular flexibility index (Phi) is 5.22. The second-order valence-corrected chi connectivity index (χ2v) is 7.21. The molecule has 3 fully saturated rings. The van der Waals surface area contributed by atoms with E-state index < -0.39 is 0 Å². The molecule has 4 nitrogen and oxygen atoms in total. The van der Waals surface area contributed by atoms with E-state index in [-0.39, 0.29) is 18.4 Å². The van der Waals surface area contributed by atoms with Gasteiger partial charge in [0, 0.05) is 37.4 Å². The van der Waals surface area contributed by atoms with E-state index in [9.17, 15) is 4.79 Å². The van der Waals surface area contributed by atoms with E-state index in [0.29, 0.717) is 23.9 Å². The number of nitrogens with one attached hydrogen (secondary N) is 1.